The summed E-state index contributed by atoms with van der Waals surface area (Å²) in [5.41, 5.74) is 0.924. The molecule has 1 heterocycles. The van der Waals surface area contributed by atoms with Crippen molar-refractivity contribution in [2.45, 2.75) is 32.9 Å². The highest BCUT2D eigenvalue weighted by molar-refractivity contribution is 5.82. The fraction of sp³-hybridized carbons (Fsp3) is 0.381. The molecule has 144 valence electrons. The largest absolute Gasteiger partial charge is 0.490 e. The maximum Gasteiger partial charge on any atom is 0.265 e. The number of rotatable bonds is 7. The Morgan fingerprint density at radius 2 is 1.81 bits per heavy atom. The molecule has 1 amide bonds. The number of para-hydroxylation sites is 2. The average molecular weight is 371 g/mol. The number of ether oxygens (including phenoxy) is 4. The fourth-order valence-electron chi connectivity index (χ4n) is 2.88. The van der Waals surface area contributed by atoms with Gasteiger partial charge in [0.25, 0.3) is 5.91 Å². The van der Waals surface area contributed by atoms with Crippen molar-refractivity contribution in [1.29, 1.82) is 0 Å². The predicted molar refractivity (Wildman–Crippen MR) is 102 cm³/mol. The smallest absolute Gasteiger partial charge is 0.265 e. The molecule has 0 saturated carbocycles. The molecular weight excluding hydrogens is 346 g/mol. The standard InChI is InChI=1S/C21H25NO5/c1-4-24-17-11-10-15(12-19(17)25-5-2)14(3)22-21(23)20-13-26-16-8-6-7-9-18(16)27-20/h6-12,14,20H,4-5,13H2,1-3H3,(H,22,23)/t14-,20+/m0/s1. The lowest BCUT2D eigenvalue weighted by atomic mass is 10.1. The topological polar surface area (TPSA) is 66.0 Å². The van der Waals surface area contributed by atoms with Gasteiger partial charge in [-0.1, -0.05) is 18.2 Å². The first-order chi connectivity index (χ1) is 13.1. The Morgan fingerprint density at radius 3 is 2.56 bits per heavy atom. The molecule has 1 aliphatic heterocycles. The van der Waals surface area contributed by atoms with Gasteiger partial charge in [-0.3, -0.25) is 4.79 Å². The first-order valence-corrected chi connectivity index (χ1v) is 9.20. The van der Waals surface area contributed by atoms with Crippen molar-refractivity contribution in [3.05, 3.63) is 48.0 Å². The van der Waals surface area contributed by atoms with Crippen LogP contribution < -0.4 is 24.3 Å². The summed E-state index contributed by atoms with van der Waals surface area (Å²) in [4.78, 5) is 12.6. The second kappa shape index (κ2) is 8.66. The molecule has 0 spiro atoms. The lowest BCUT2D eigenvalue weighted by Crippen LogP contribution is -2.44. The molecule has 0 aliphatic carbocycles. The van der Waals surface area contributed by atoms with Crippen LogP contribution in [0.4, 0.5) is 0 Å². The first-order valence-electron chi connectivity index (χ1n) is 9.20. The predicted octanol–water partition coefficient (Wildman–Crippen LogP) is 3.50. The summed E-state index contributed by atoms with van der Waals surface area (Å²) in [6.45, 7) is 7.05. The van der Waals surface area contributed by atoms with Gasteiger partial charge in [0.05, 0.1) is 19.3 Å². The van der Waals surface area contributed by atoms with Crippen LogP contribution >= 0.6 is 0 Å². The summed E-state index contributed by atoms with van der Waals surface area (Å²) in [7, 11) is 0. The average Bonchev–Trinajstić information content (AvgIpc) is 2.69. The van der Waals surface area contributed by atoms with Crippen LogP contribution in [0.1, 0.15) is 32.4 Å². The van der Waals surface area contributed by atoms with Crippen LogP contribution in [0.5, 0.6) is 23.0 Å². The molecule has 6 nitrogen and oxygen atoms in total. The molecule has 3 rings (SSSR count). The van der Waals surface area contributed by atoms with Crippen molar-refractivity contribution < 1.29 is 23.7 Å². The van der Waals surface area contributed by atoms with Crippen molar-refractivity contribution in [2.75, 3.05) is 19.8 Å². The number of benzene rings is 2. The zero-order valence-electron chi connectivity index (χ0n) is 15.9. The van der Waals surface area contributed by atoms with E-state index in [0.29, 0.717) is 36.2 Å². The minimum absolute atomic E-state index is 0.184. The van der Waals surface area contributed by atoms with Crippen molar-refractivity contribution in [2.24, 2.45) is 0 Å². The van der Waals surface area contributed by atoms with Crippen molar-refractivity contribution in [1.82, 2.24) is 5.32 Å². The maximum absolute atomic E-state index is 12.6. The fourth-order valence-corrected chi connectivity index (χ4v) is 2.88. The van der Waals surface area contributed by atoms with E-state index in [0.717, 1.165) is 5.56 Å². The van der Waals surface area contributed by atoms with Gasteiger partial charge in [-0.25, -0.2) is 0 Å². The monoisotopic (exact) mass is 371 g/mol. The lowest BCUT2D eigenvalue weighted by Gasteiger charge is -2.27. The molecule has 0 bridgehead atoms. The Labute approximate surface area is 159 Å². The molecule has 1 N–H and O–H groups in total. The Morgan fingerprint density at radius 1 is 1.11 bits per heavy atom. The zero-order chi connectivity index (χ0) is 19.2. The number of nitrogens with one attached hydrogen (secondary N) is 1. The minimum Gasteiger partial charge on any atom is -0.490 e. The highest BCUT2D eigenvalue weighted by Crippen LogP contribution is 2.32. The third-order valence-corrected chi connectivity index (χ3v) is 4.23. The van der Waals surface area contributed by atoms with E-state index in [1.165, 1.54) is 0 Å². The van der Waals surface area contributed by atoms with Gasteiger partial charge < -0.3 is 24.3 Å². The summed E-state index contributed by atoms with van der Waals surface area (Å²) in [5, 5.41) is 2.98. The minimum atomic E-state index is -0.684. The number of hydrogen-bond acceptors (Lipinski definition) is 5. The van der Waals surface area contributed by atoms with Gasteiger partial charge in [-0.15, -0.1) is 0 Å². The normalized spacial score (nSPS) is 16.3. The number of carbonyl (C=O) groups excluding carboxylic acids is 1. The van der Waals surface area contributed by atoms with Crippen LogP contribution in [-0.2, 0) is 4.79 Å². The Hall–Kier alpha value is -2.89. The Bertz CT molecular complexity index is 792. The summed E-state index contributed by atoms with van der Waals surface area (Å²) >= 11 is 0. The Balaban J connectivity index is 1.67. The van der Waals surface area contributed by atoms with Gasteiger partial charge in [-0.2, -0.15) is 0 Å². The number of hydrogen-bond donors (Lipinski definition) is 1. The Kier molecular flexibility index (Phi) is 6.06. The molecule has 27 heavy (non-hydrogen) atoms. The third-order valence-electron chi connectivity index (χ3n) is 4.23. The molecule has 2 aromatic rings. The number of amides is 1. The van der Waals surface area contributed by atoms with Gasteiger partial charge in [-0.05, 0) is 50.6 Å². The van der Waals surface area contributed by atoms with Crippen LogP contribution in [0.3, 0.4) is 0 Å². The van der Waals surface area contributed by atoms with Gasteiger partial charge in [0.15, 0.2) is 23.0 Å². The molecule has 0 radical (unpaired) electrons. The van der Waals surface area contributed by atoms with E-state index in [4.69, 9.17) is 18.9 Å². The summed E-state index contributed by atoms with van der Waals surface area (Å²) < 4.78 is 22.6. The molecular formula is C21H25NO5. The molecule has 0 unspecified atom stereocenters. The zero-order valence-corrected chi connectivity index (χ0v) is 15.9. The summed E-state index contributed by atoms with van der Waals surface area (Å²) in [5.74, 6) is 2.38. The quantitative estimate of drug-likeness (QED) is 0.807. The summed E-state index contributed by atoms with van der Waals surface area (Å²) in [6, 6.07) is 12.8. The molecule has 0 saturated heterocycles. The van der Waals surface area contributed by atoms with E-state index in [1.54, 1.807) is 6.07 Å². The van der Waals surface area contributed by atoms with Crippen LogP contribution in [-0.4, -0.2) is 31.8 Å². The first kappa shape index (κ1) is 18.9. The highest BCUT2D eigenvalue weighted by Gasteiger charge is 2.28. The van der Waals surface area contributed by atoms with E-state index in [-0.39, 0.29) is 18.6 Å². The van der Waals surface area contributed by atoms with E-state index in [1.807, 2.05) is 57.2 Å². The number of carbonyl (C=O) groups is 1. The SMILES string of the molecule is CCOc1ccc([C@H](C)NC(=O)[C@H]2COc3ccccc3O2)cc1OCC. The van der Waals surface area contributed by atoms with Crippen molar-refractivity contribution >= 4 is 5.91 Å². The molecule has 0 fully saturated rings. The second-order valence-corrected chi connectivity index (χ2v) is 6.17. The maximum atomic E-state index is 12.6. The van der Waals surface area contributed by atoms with Crippen LogP contribution in [0.25, 0.3) is 0 Å². The van der Waals surface area contributed by atoms with Crippen LogP contribution in [0, 0.1) is 0 Å². The van der Waals surface area contributed by atoms with Crippen LogP contribution in [0.15, 0.2) is 42.5 Å². The van der Waals surface area contributed by atoms with E-state index in [2.05, 4.69) is 5.32 Å². The highest BCUT2D eigenvalue weighted by atomic mass is 16.6. The van der Waals surface area contributed by atoms with Gasteiger partial charge in [0, 0.05) is 0 Å². The van der Waals surface area contributed by atoms with Gasteiger partial charge >= 0.3 is 0 Å². The third kappa shape index (κ3) is 4.45. The summed E-state index contributed by atoms with van der Waals surface area (Å²) in [6.07, 6.45) is -0.684. The van der Waals surface area contributed by atoms with Crippen molar-refractivity contribution in [3.63, 3.8) is 0 Å². The van der Waals surface area contributed by atoms with Crippen LogP contribution in [0.2, 0.25) is 0 Å². The van der Waals surface area contributed by atoms with E-state index >= 15 is 0 Å². The molecule has 6 heteroatoms. The van der Waals surface area contributed by atoms with E-state index < -0.39 is 6.10 Å². The molecule has 2 atom stereocenters. The van der Waals surface area contributed by atoms with E-state index in [9.17, 15) is 4.79 Å². The number of fused-ring (bicyclic) bond motifs is 1. The lowest BCUT2D eigenvalue weighted by molar-refractivity contribution is -0.131. The van der Waals surface area contributed by atoms with Gasteiger partial charge in [0.1, 0.15) is 6.61 Å². The van der Waals surface area contributed by atoms with Crippen molar-refractivity contribution in [3.8, 4) is 23.0 Å². The molecule has 0 aromatic heterocycles. The van der Waals surface area contributed by atoms with Gasteiger partial charge in [0.2, 0.25) is 6.10 Å². The molecule has 2 aromatic carbocycles. The second-order valence-electron chi connectivity index (χ2n) is 6.17. The molecule has 1 aliphatic rings.